The van der Waals surface area contributed by atoms with Gasteiger partial charge >= 0.3 is 0 Å². The molecule has 1 atom stereocenters. The first kappa shape index (κ1) is 18.2. The zero-order chi connectivity index (χ0) is 19.5. The average molecular weight is 376 g/mol. The van der Waals surface area contributed by atoms with Gasteiger partial charge in [0, 0.05) is 37.3 Å². The minimum absolute atomic E-state index is 0.0254. The normalized spacial score (nSPS) is 16.9. The van der Waals surface area contributed by atoms with Crippen LogP contribution in [0, 0.1) is 17.1 Å². The van der Waals surface area contributed by atoms with Crippen molar-refractivity contribution in [2.24, 2.45) is 0 Å². The number of halogens is 1. The Kier molecular flexibility index (Phi) is 5.09. The van der Waals surface area contributed by atoms with Crippen LogP contribution < -0.4 is 5.32 Å². The van der Waals surface area contributed by atoms with Crippen LogP contribution in [0.25, 0.3) is 10.9 Å². The summed E-state index contributed by atoms with van der Waals surface area (Å²) in [4.78, 5) is 18.3. The number of aromatic amines is 1. The van der Waals surface area contributed by atoms with E-state index in [-0.39, 0.29) is 17.8 Å². The predicted molar refractivity (Wildman–Crippen MR) is 105 cm³/mol. The summed E-state index contributed by atoms with van der Waals surface area (Å²) in [5.41, 5.74) is 2.90. The largest absolute Gasteiger partial charge is 0.359 e. The smallest absolute Gasteiger partial charge is 0.256 e. The third-order valence-corrected chi connectivity index (χ3v) is 5.36. The van der Waals surface area contributed by atoms with Crippen molar-refractivity contribution in [3.05, 3.63) is 71.2 Å². The Bertz CT molecular complexity index is 1030. The Balaban J connectivity index is 1.56. The van der Waals surface area contributed by atoms with Crippen LogP contribution in [0.15, 0.2) is 48.7 Å². The van der Waals surface area contributed by atoms with E-state index in [1.165, 1.54) is 12.1 Å². The van der Waals surface area contributed by atoms with Crippen molar-refractivity contribution in [2.75, 3.05) is 19.6 Å². The summed E-state index contributed by atoms with van der Waals surface area (Å²) in [6.07, 6.45) is 3.22. The molecule has 1 saturated heterocycles. The number of carbonyl (C=O) groups is 1. The van der Waals surface area contributed by atoms with E-state index in [4.69, 9.17) is 0 Å². The molecule has 5 nitrogen and oxygen atoms in total. The zero-order valence-corrected chi connectivity index (χ0v) is 15.4. The highest BCUT2D eigenvalue weighted by atomic mass is 19.1. The van der Waals surface area contributed by atoms with Gasteiger partial charge in [0.25, 0.3) is 5.91 Å². The van der Waals surface area contributed by atoms with E-state index >= 15 is 0 Å². The maximum absolute atomic E-state index is 13.3. The summed E-state index contributed by atoms with van der Waals surface area (Å²) in [5, 5.41) is 13.4. The van der Waals surface area contributed by atoms with Crippen molar-refractivity contribution in [2.45, 2.75) is 18.9 Å². The summed E-state index contributed by atoms with van der Waals surface area (Å²) in [6, 6.07) is 14.2. The van der Waals surface area contributed by atoms with Crippen molar-refractivity contribution in [3.8, 4) is 6.07 Å². The minimum Gasteiger partial charge on any atom is -0.359 e. The van der Waals surface area contributed by atoms with Gasteiger partial charge in [-0.2, -0.15) is 5.26 Å². The summed E-state index contributed by atoms with van der Waals surface area (Å²) < 4.78 is 13.1. The number of carbonyl (C=O) groups excluding carboxylic acids is 1. The highest BCUT2D eigenvalue weighted by Crippen LogP contribution is 2.24. The van der Waals surface area contributed by atoms with Crippen LogP contribution in [-0.4, -0.2) is 41.5 Å². The molecule has 0 saturated carbocycles. The fourth-order valence-electron chi connectivity index (χ4n) is 3.85. The Hall–Kier alpha value is -3.17. The molecule has 1 unspecified atom stereocenters. The molecule has 1 aliphatic heterocycles. The van der Waals surface area contributed by atoms with Crippen LogP contribution in [0.4, 0.5) is 4.39 Å². The topological polar surface area (TPSA) is 71.9 Å². The molecule has 0 radical (unpaired) electrons. The van der Waals surface area contributed by atoms with E-state index in [9.17, 15) is 14.4 Å². The Morgan fingerprint density at radius 2 is 2.07 bits per heavy atom. The second-order valence-corrected chi connectivity index (χ2v) is 7.06. The maximum Gasteiger partial charge on any atom is 0.256 e. The van der Waals surface area contributed by atoms with E-state index in [0.717, 1.165) is 36.9 Å². The lowest BCUT2D eigenvalue weighted by molar-refractivity contribution is 0.0627. The third kappa shape index (κ3) is 3.49. The van der Waals surface area contributed by atoms with Crippen molar-refractivity contribution in [1.29, 1.82) is 5.26 Å². The number of hydrogen-bond donors (Lipinski definition) is 2. The van der Waals surface area contributed by atoms with Crippen LogP contribution in [0.5, 0.6) is 0 Å². The van der Waals surface area contributed by atoms with Gasteiger partial charge in [-0.1, -0.05) is 24.3 Å². The number of amides is 1. The molecule has 4 rings (SSSR count). The molecule has 1 aromatic heterocycles. The molecule has 2 aromatic carbocycles. The Labute approximate surface area is 162 Å². The molecule has 0 aliphatic carbocycles. The first-order valence-corrected chi connectivity index (χ1v) is 9.43. The number of aryl methyl sites for hydroxylation is 1. The molecule has 2 heterocycles. The van der Waals surface area contributed by atoms with Gasteiger partial charge in [-0.3, -0.25) is 4.79 Å². The minimum atomic E-state index is -0.240. The predicted octanol–water partition coefficient (Wildman–Crippen LogP) is 3.23. The molecule has 6 heteroatoms. The van der Waals surface area contributed by atoms with Crippen molar-refractivity contribution < 1.29 is 9.18 Å². The molecule has 1 amide bonds. The number of fused-ring (bicyclic) bond motifs is 1. The molecule has 0 spiro atoms. The number of nitrogens with zero attached hydrogens (tertiary/aromatic N) is 2. The SMILES string of the molecule is N#Cc1c[nH]c2c(C(=O)N3CCNCC3CCc3ccc(F)cc3)cccc12. The first-order chi connectivity index (χ1) is 13.7. The van der Waals surface area contributed by atoms with E-state index in [2.05, 4.69) is 16.4 Å². The molecule has 1 aliphatic rings. The Morgan fingerprint density at radius 1 is 1.25 bits per heavy atom. The van der Waals surface area contributed by atoms with Crippen molar-refractivity contribution in [1.82, 2.24) is 15.2 Å². The van der Waals surface area contributed by atoms with Crippen LogP contribution in [0.1, 0.15) is 27.9 Å². The van der Waals surface area contributed by atoms with Crippen molar-refractivity contribution >= 4 is 16.8 Å². The van der Waals surface area contributed by atoms with Gasteiger partial charge in [0.2, 0.25) is 0 Å². The Morgan fingerprint density at radius 3 is 2.86 bits per heavy atom. The van der Waals surface area contributed by atoms with E-state index in [0.29, 0.717) is 23.2 Å². The van der Waals surface area contributed by atoms with Crippen molar-refractivity contribution in [3.63, 3.8) is 0 Å². The standard InChI is InChI=1S/C22H21FN4O/c23-17-7-4-15(5-8-17)6-9-18-14-25-10-11-27(18)22(28)20-3-1-2-19-16(12-24)13-26-21(19)20/h1-5,7-8,13,18,25-26H,6,9-11,14H2. The van der Waals surface area contributed by atoms with E-state index in [1.54, 1.807) is 24.4 Å². The lowest BCUT2D eigenvalue weighted by Crippen LogP contribution is -2.53. The zero-order valence-electron chi connectivity index (χ0n) is 15.4. The molecule has 2 N–H and O–H groups in total. The molecule has 3 aromatic rings. The molecule has 28 heavy (non-hydrogen) atoms. The third-order valence-electron chi connectivity index (χ3n) is 5.36. The number of rotatable bonds is 4. The lowest BCUT2D eigenvalue weighted by Gasteiger charge is -2.36. The number of benzene rings is 2. The molecular weight excluding hydrogens is 355 g/mol. The number of H-pyrrole nitrogens is 1. The second-order valence-electron chi connectivity index (χ2n) is 7.06. The van der Waals surface area contributed by atoms with Gasteiger partial charge < -0.3 is 15.2 Å². The van der Waals surface area contributed by atoms with Gasteiger partial charge in [0.15, 0.2) is 0 Å². The van der Waals surface area contributed by atoms with Crippen LogP contribution in [0.3, 0.4) is 0 Å². The van der Waals surface area contributed by atoms with Crippen LogP contribution >= 0.6 is 0 Å². The number of aromatic nitrogens is 1. The highest BCUT2D eigenvalue weighted by molar-refractivity contribution is 6.07. The average Bonchev–Trinajstić information content (AvgIpc) is 3.16. The molecular formula is C22H21FN4O. The van der Waals surface area contributed by atoms with Crippen LogP contribution in [0.2, 0.25) is 0 Å². The summed E-state index contributed by atoms with van der Waals surface area (Å²) in [7, 11) is 0. The molecule has 0 bridgehead atoms. The number of nitriles is 1. The summed E-state index contributed by atoms with van der Waals surface area (Å²) in [5.74, 6) is -0.266. The van der Waals surface area contributed by atoms with Gasteiger partial charge in [-0.25, -0.2) is 4.39 Å². The van der Waals surface area contributed by atoms with Gasteiger partial charge in [0.1, 0.15) is 11.9 Å². The van der Waals surface area contributed by atoms with Gasteiger partial charge in [-0.05, 0) is 36.6 Å². The number of piperazine rings is 1. The molecule has 142 valence electrons. The maximum atomic E-state index is 13.3. The number of nitrogens with one attached hydrogen (secondary N) is 2. The van der Waals surface area contributed by atoms with Crippen LogP contribution in [-0.2, 0) is 6.42 Å². The number of para-hydroxylation sites is 1. The lowest BCUT2D eigenvalue weighted by atomic mass is 10.0. The molecule has 1 fully saturated rings. The quantitative estimate of drug-likeness (QED) is 0.734. The first-order valence-electron chi connectivity index (χ1n) is 9.43. The fourth-order valence-corrected chi connectivity index (χ4v) is 3.85. The van der Waals surface area contributed by atoms with Gasteiger partial charge in [-0.15, -0.1) is 0 Å². The summed E-state index contributed by atoms with van der Waals surface area (Å²) >= 11 is 0. The number of hydrogen-bond acceptors (Lipinski definition) is 3. The monoisotopic (exact) mass is 376 g/mol. The fraction of sp³-hybridized carbons (Fsp3) is 0.273. The second kappa shape index (κ2) is 7.83. The van der Waals surface area contributed by atoms with E-state index in [1.807, 2.05) is 17.0 Å². The van der Waals surface area contributed by atoms with E-state index < -0.39 is 0 Å². The van der Waals surface area contributed by atoms with Gasteiger partial charge in [0.05, 0.1) is 16.6 Å². The highest BCUT2D eigenvalue weighted by Gasteiger charge is 2.28. The summed E-state index contributed by atoms with van der Waals surface area (Å²) in [6.45, 7) is 2.12.